The van der Waals surface area contributed by atoms with Crippen LogP contribution in [0, 0.1) is 11.8 Å². The topological polar surface area (TPSA) is 127 Å². The molecule has 0 bridgehead atoms. The minimum atomic E-state index is -0.758. The van der Waals surface area contributed by atoms with Crippen molar-refractivity contribution in [2.75, 3.05) is 46.3 Å². The quantitative estimate of drug-likeness (QED) is 0.310. The number of H-pyrrole nitrogens is 1. The molecule has 3 N–H and O–H groups in total. The number of amides is 3. The highest BCUT2D eigenvalue weighted by molar-refractivity contribution is 9.11. The molecule has 0 radical (unpaired) electrons. The fraction of sp³-hybridized carbons (Fsp3) is 0.529. The number of phenolic OH excluding ortho intramolecular Hbond substituents is 1. The number of phenols is 1. The van der Waals surface area contributed by atoms with Gasteiger partial charge in [0.05, 0.1) is 15.0 Å². The predicted octanol–water partition coefficient (Wildman–Crippen LogP) is 5.01. The molecular formula is C34H43Br2N7O4. The van der Waals surface area contributed by atoms with Crippen molar-refractivity contribution in [3.8, 4) is 17.1 Å². The van der Waals surface area contributed by atoms with E-state index < -0.39 is 6.04 Å². The molecule has 0 saturated carbocycles. The molecule has 2 aromatic carbocycles. The molecule has 3 aliphatic heterocycles. The Labute approximate surface area is 291 Å². The zero-order chi connectivity index (χ0) is 33.1. The van der Waals surface area contributed by atoms with Crippen LogP contribution >= 0.6 is 31.9 Å². The molecule has 4 heterocycles. The lowest BCUT2D eigenvalue weighted by Gasteiger charge is -2.40. The van der Waals surface area contributed by atoms with Gasteiger partial charge in [0.2, 0.25) is 5.91 Å². The van der Waals surface area contributed by atoms with Gasteiger partial charge in [0, 0.05) is 38.2 Å². The molecule has 252 valence electrons. The molecule has 13 heteroatoms. The monoisotopic (exact) mass is 771 g/mol. The Hall–Kier alpha value is -3.16. The van der Waals surface area contributed by atoms with Crippen molar-refractivity contribution >= 4 is 43.8 Å². The van der Waals surface area contributed by atoms with Crippen LogP contribution < -0.4 is 11.0 Å². The Bertz CT molecular complexity index is 1580. The Morgan fingerprint density at radius 3 is 2.11 bits per heavy atom. The maximum absolute atomic E-state index is 14.0. The van der Waals surface area contributed by atoms with E-state index in [1.165, 1.54) is 17.5 Å². The molecule has 3 aromatic rings. The van der Waals surface area contributed by atoms with Gasteiger partial charge >= 0.3 is 11.7 Å². The number of halogens is 2. The first-order chi connectivity index (χ1) is 22.7. The summed E-state index contributed by atoms with van der Waals surface area (Å²) in [6, 6.07) is 11.9. The maximum Gasteiger partial charge on any atom is 0.343 e. The largest absolute Gasteiger partial charge is 0.506 e. The molecular weight excluding hydrogens is 730 g/mol. The van der Waals surface area contributed by atoms with Crippen LogP contribution in [0.25, 0.3) is 11.4 Å². The van der Waals surface area contributed by atoms with Gasteiger partial charge in [0.15, 0.2) is 5.82 Å². The van der Waals surface area contributed by atoms with Crippen molar-refractivity contribution in [1.82, 2.24) is 34.8 Å². The minimum Gasteiger partial charge on any atom is -0.506 e. The van der Waals surface area contributed by atoms with Gasteiger partial charge < -0.3 is 25.1 Å². The first-order valence-electron chi connectivity index (χ1n) is 16.6. The van der Waals surface area contributed by atoms with E-state index in [-0.39, 0.29) is 29.4 Å². The first-order valence-corrected chi connectivity index (χ1v) is 18.2. The van der Waals surface area contributed by atoms with Crippen molar-refractivity contribution in [1.29, 1.82) is 0 Å². The lowest BCUT2D eigenvalue weighted by molar-refractivity contribution is -0.135. The summed E-state index contributed by atoms with van der Waals surface area (Å²) in [7, 11) is 2.18. The zero-order valence-electron chi connectivity index (χ0n) is 26.7. The Balaban J connectivity index is 1.10. The number of aromatic amines is 1. The summed E-state index contributed by atoms with van der Waals surface area (Å²) >= 11 is 6.80. The number of likely N-dealkylation sites (tertiary alicyclic amines) is 3. The minimum absolute atomic E-state index is 0.0769. The molecule has 11 nitrogen and oxygen atoms in total. The summed E-state index contributed by atoms with van der Waals surface area (Å²) < 4.78 is 2.54. The summed E-state index contributed by atoms with van der Waals surface area (Å²) in [5.74, 6) is 1.89. The van der Waals surface area contributed by atoms with Crippen molar-refractivity contribution in [3.05, 3.63) is 67.5 Å². The molecule has 0 spiro atoms. The van der Waals surface area contributed by atoms with Gasteiger partial charge in [0.1, 0.15) is 11.8 Å². The number of carbonyl (C=O) groups is 2. The van der Waals surface area contributed by atoms with Gasteiger partial charge in [0.25, 0.3) is 0 Å². The normalized spacial score (nSPS) is 19.6. The van der Waals surface area contributed by atoms with Crippen LogP contribution in [0.5, 0.6) is 5.75 Å². The average Bonchev–Trinajstić information content (AvgIpc) is 3.48. The third-order valence-electron chi connectivity index (χ3n) is 10.2. The third kappa shape index (κ3) is 7.94. The van der Waals surface area contributed by atoms with Crippen molar-refractivity contribution < 1.29 is 14.7 Å². The number of piperidine rings is 3. The highest BCUT2D eigenvalue weighted by Crippen LogP contribution is 2.35. The van der Waals surface area contributed by atoms with Crippen molar-refractivity contribution in [2.24, 2.45) is 11.8 Å². The SMILES string of the molecule is CN1CCC(C2CCN(C(=O)[C@H](Cc3cc(Br)c(O)c(Br)c3)NC(=O)N3CCC(n4nc(-c5ccccc5)[nH]c4=O)CC3)CC2)CC1. The van der Waals surface area contributed by atoms with Gasteiger partial charge in [-0.3, -0.25) is 9.78 Å². The number of carbonyl (C=O) groups excluding carboxylic acids is 2. The molecule has 1 atom stereocenters. The lowest BCUT2D eigenvalue weighted by Crippen LogP contribution is -2.55. The molecule has 3 fully saturated rings. The van der Waals surface area contributed by atoms with Gasteiger partial charge in [-0.2, -0.15) is 0 Å². The molecule has 0 aliphatic carbocycles. The van der Waals surface area contributed by atoms with E-state index in [0.29, 0.717) is 66.1 Å². The van der Waals surface area contributed by atoms with Crippen LogP contribution in [-0.4, -0.2) is 98.9 Å². The Kier molecular flexibility index (Phi) is 10.7. The highest BCUT2D eigenvalue weighted by Gasteiger charge is 2.35. The van der Waals surface area contributed by atoms with E-state index in [1.54, 1.807) is 17.0 Å². The predicted molar refractivity (Wildman–Crippen MR) is 187 cm³/mol. The van der Waals surface area contributed by atoms with E-state index in [4.69, 9.17) is 0 Å². The molecule has 3 amide bonds. The van der Waals surface area contributed by atoms with Crippen LogP contribution in [0.3, 0.4) is 0 Å². The standard InChI is InChI=1S/C34H43Br2N7O4/c1-40-13-7-23(8-14-40)24-9-15-41(16-10-24)32(45)29(21-22-19-27(35)30(44)28(36)20-22)37-33(46)42-17-11-26(12-18-42)43-34(47)38-31(39-43)25-5-3-2-4-6-25/h2-6,19-20,23-24,26,29,44H,7-18,21H2,1H3,(H,37,46)(H,38,39,47)/t29-/m0/s1. The van der Waals surface area contributed by atoms with Crippen molar-refractivity contribution in [3.63, 3.8) is 0 Å². The van der Waals surface area contributed by atoms with Gasteiger partial charge in [-0.05, 0) is 120 Å². The number of nitrogens with one attached hydrogen (secondary N) is 2. The summed E-state index contributed by atoms with van der Waals surface area (Å²) in [6.07, 6.45) is 5.86. The Morgan fingerprint density at radius 1 is 0.915 bits per heavy atom. The van der Waals surface area contributed by atoms with Crippen LogP contribution in [0.15, 0.2) is 56.2 Å². The average molecular weight is 774 g/mol. The summed E-state index contributed by atoms with van der Waals surface area (Å²) in [5.41, 5.74) is 1.39. The van der Waals surface area contributed by atoms with Crippen LogP contribution in [0.1, 0.15) is 50.1 Å². The van der Waals surface area contributed by atoms with Gasteiger partial charge in [-0.1, -0.05) is 30.3 Å². The van der Waals surface area contributed by atoms with E-state index in [1.807, 2.05) is 35.2 Å². The summed E-state index contributed by atoms with van der Waals surface area (Å²) in [4.78, 5) is 49.3. The number of benzene rings is 2. The molecule has 0 unspecified atom stereocenters. The third-order valence-corrected chi connectivity index (χ3v) is 11.4. The van der Waals surface area contributed by atoms with E-state index >= 15 is 0 Å². The molecule has 47 heavy (non-hydrogen) atoms. The molecule has 1 aromatic heterocycles. The number of urea groups is 1. The Morgan fingerprint density at radius 2 is 1.49 bits per heavy atom. The highest BCUT2D eigenvalue weighted by atomic mass is 79.9. The van der Waals surface area contributed by atoms with Gasteiger partial charge in [-0.15, -0.1) is 5.10 Å². The second kappa shape index (κ2) is 14.9. The second-order valence-electron chi connectivity index (χ2n) is 13.2. The van der Waals surface area contributed by atoms with E-state index in [9.17, 15) is 19.5 Å². The maximum atomic E-state index is 14.0. The van der Waals surface area contributed by atoms with E-state index in [2.05, 4.69) is 59.2 Å². The van der Waals surface area contributed by atoms with Crippen LogP contribution in [-0.2, 0) is 11.2 Å². The fourth-order valence-corrected chi connectivity index (χ4v) is 8.63. The zero-order valence-corrected chi connectivity index (χ0v) is 29.9. The number of hydrogen-bond donors (Lipinski definition) is 3. The molecule has 3 aliphatic rings. The summed E-state index contributed by atoms with van der Waals surface area (Å²) in [6.45, 7) is 4.55. The molecule has 3 saturated heterocycles. The molecule has 6 rings (SSSR count). The number of nitrogens with zero attached hydrogens (tertiary/aromatic N) is 5. The fourth-order valence-electron chi connectivity index (χ4n) is 7.35. The van der Waals surface area contributed by atoms with Crippen LogP contribution in [0.4, 0.5) is 4.79 Å². The number of aromatic hydroxyl groups is 1. The smallest absolute Gasteiger partial charge is 0.343 e. The first kappa shape index (κ1) is 33.7. The van der Waals surface area contributed by atoms with Gasteiger partial charge in [-0.25, -0.2) is 14.3 Å². The lowest BCUT2D eigenvalue weighted by atomic mass is 9.79. The second-order valence-corrected chi connectivity index (χ2v) is 14.9. The number of hydrogen-bond acceptors (Lipinski definition) is 6. The van der Waals surface area contributed by atoms with E-state index in [0.717, 1.165) is 43.0 Å². The van der Waals surface area contributed by atoms with Crippen LogP contribution in [0.2, 0.25) is 0 Å². The number of rotatable bonds is 7. The summed E-state index contributed by atoms with van der Waals surface area (Å²) in [5, 5.41) is 17.9. The number of aromatic nitrogens is 3. The van der Waals surface area contributed by atoms with Crippen molar-refractivity contribution in [2.45, 2.75) is 57.0 Å².